The number of sulfone groups is 1. The van der Waals surface area contributed by atoms with Gasteiger partial charge in [0.25, 0.3) is 0 Å². The van der Waals surface area contributed by atoms with Gasteiger partial charge in [0, 0.05) is 29.6 Å². The minimum absolute atomic E-state index is 0.102. The molecule has 0 amide bonds. The summed E-state index contributed by atoms with van der Waals surface area (Å²) in [7, 11) is -3.31. The van der Waals surface area contributed by atoms with Gasteiger partial charge in [-0.3, -0.25) is 4.98 Å². The lowest BCUT2D eigenvalue weighted by atomic mass is 10.0. The molecule has 0 radical (unpaired) electrons. The molecule has 7 nitrogen and oxygen atoms in total. The van der Waals surface area contributed by atoms with Crippen LogP contribution in [0.3, 0.4) is 0 Å². The number of halogens is 1. The molecule has 0 unspecified atom stereocenters. The van der Waals surface area contributed by atoms with Crippen LogP contribution in [0.5, 0.6) is 0 Å². The topological polar surface area (TPSA) is 106 Å². The predicted molar refractivity (Wildman–Crippen MR) is 109 cm³/mol. The molecule has 0 aliphatic rings. The molecule has 3 heterocycles. The Labute approximate surface area is 172 Å². The zero-order valence-corrected chi connectivity index (χ0v) is 17.2. The summed E-state index contributed by atoms with van der Waals surface area (Å²) < 4.78 is 44.3. The van der Waals surface area contributed by atoms with Crippen molar-refractivity contribution in [3.8, 4) is 22.6 Å². The quantitative estimate of drug-likeness (QED) is 0.529. The number of nitrogens with zero attached hydrogens (tertiary/aromatic N) is 3. The Morgan fingerprint density at radius 2 is 1.77 bits per heavy atom. The van der Waals surface area contributed by atoms with E-state index in [9.17, 15) is 13.5 Å². The van der Waals surface area contributed by atoms with Crippen molar-refractivity contribution in [1.29, 1.82) is 0 Å². The monoisotopic (exact) mass is 427 g/mol. The molecule has 0 saturated heterocycles. The van der Waals surface area contributed by atoms with Crippen LogP contribution < -0.4 is 0 Å². The van der Waals surface area contributed by atoms with E-state index in [1.807, 2.05) is 0 Å². The SMILES string of the molecule is CC(C)(O)c1nccc(-c2ncnc3cc(-c4ccc(S(C)(=O)=O)cc4)oc23)c1F. The number of pyridine rings is 1. The zero-order valence-electron chi connectivity index (χ0n) is 16.4. The number of hydrogen-bond acceptors (Lipinski definition) is 7. The van der Waals surface area contributed by atoms with E-state index in [-0.39, 0.29) is 27.4 Å². The summed E-state index contributed by atoms with van der Waals surface area (Å²) in [6.45, 7) is 2.89. The number of aromatic nitrogens is 3. The van der Waals surface area contributed by atoms with Crippen LogP contribution in [0.15, 0.2) is 58.2 Å². The van der Waals surface area contributed by atoms with Crippen LogP contribution >= 0.6 is 0 Å². The van der Waals surface area contributed by atoms with Gasteiger partial charge in [0.2, 0.25) is 0 Å². The average molecular weight is 427 g/mol. The van der Waals surface area contributed by atoms with Gasteiger partial charge in [-0.05, 0) is 44.2 Å². The molecule has 3 aromatic heterocycles. The molecule has 0 saturated carbocycles. The molecule has 0 atom stereocenters. The van der Waals surface area contributed by atoms with Crippen molar-refractivity contribution in [2.45, 2.75) is 24.3 Å². The fourth-order valence-corrected chi connectivity index (χ4v) is 3.74. The lowest BCUT2D eigenvalue weighted by Crippen LogP contribution is -2.20. The highest BCUT2D eigenvalue weighted by Gasteiger charge is 2.26. The average Bonchev–Trinajstić information content (AvgIpc) is 3.11. The summed E-state index contributed by atoms with van der Waals surface area (Å²) in [5.41, 5.74) is 0.151. The summed E-state index contributed by atoms with van der Waals surface area (Å²) in [6.07, 6.45) is 3.83. The molecule has 1 aromatic carbocycles. The van der Waals surface area contributed by atoms with E-state index in [0.29, 0.717) is 16.8 Å². The second kappa shape index (κ2) is 6.96. The summed E-state index contributed by atoms with van der Waals surface area (Å²) >= 11 is 0. The molecular weight excluding hydrogens is 409 g/mol. The number of aliphatic hydroxyl groups is 1. The molecule has 0 aliphatic heterocycles. The van der Waals surface area contributed by atoms with Crippen LogP contribution in [0.2, 0.25) is 0 Å². The first-order valence-electron chi connectivity index (χ1n) is 8.98. The molecule has 0 bridgehead atoms. The number of rotatable bonds is 4. The first-order chi connectivity index (χ1) is 14.1. The Hall–Kier alpha value is -3.17. The highest BCUT2D eigenvalue weighted by Crippen LogP contribution is 2.35. The van der Waals surface area contributed by atoms with E-state index in [0.717, 1.165) is 6.26 Å². The van der Waals surface area contributed by atoms with Gasteiger partial charge in [0.1, 0.15) is 34.6 Å². The first kappa shape index (κ1) is 20.1. The van der Waals surface area contributed by atoms with Crippen molar-refractivity contribution < 1.29 is 22.3 Å². The Kier molecular flexibility index (Phi) is 4.67. The molecule has 1 N–H and O–H groups in total. The second-order valence-corrected chi connectivity index (χ2v) is 9.44. The van der Waals surface area contributed by atoms with Gasteiger partial charge < -0.3 is 9.52 Å². The van der Waals surface area contributed by atoms with E-state index in [1.165, 1.54) is 44.6 Å². The second-order valence-electron chi connectivity index (χ2n) is 7.42. The smallest absolute Gasteiger partial charge is 0.179 e. The van der Waals surface area contributed by atoms with Crippen molar-refractivity contribution in [2.24, 2.45) is 0 Å². The van der Waals surface area contributed by atoms with Crippen molar-refractivity contribution in [2.75, 3.05) is 6.26 Å². The van der Waals surface area contributed by atoms with Gasteiger partial charge in [-0.15, -0.1) is 0 Å². The highest BCUT2D eigenvalue weighted by molar-refractivity contribution is 7.90. The molecule has 30 heavy (non-hydrogen) atoms. The van der Waals surface area contributed by atoms with Crippen molar-refractivity contribution in [1.82, 2.24) is 15.0 Å². The fourth-order valence-electron chi connectivity index (χ4n) is 3.11. The number of benzene rings is 1. The van der Waals surface area contributed by atoms with Gasteiger partial charge >= 0.3 is 0 Å². The van der Waals surface area contributed by atoms with E-state index in [4.69, 9.17) is 4.42 Å². The molecule has 0 fully saturated rings. The number of furan rings is 1. The Morgan fingerprint density at radius 1 is 1.07 bits per heavy atom. The van der Waals surface area contributed by atoms with Crippen LogP contribution in [0.4, 0.5) is 4.39 Å². The van der Waals surface area contributed by atoms with Gasteiger partial charge in [-0.1, -0.05) is 0 Å². The number of fused-ring (bicyclic) bond motifs is 1. The van der Waals surface area contributed by atoms with Crippen LogP contribution in [-0.2, 0) is 15.4 Å². The molecule has 4 aromatic rings. The van der Waals surface area contributed by atoms with Crippen LogP contribution in [0.25, 0.3) is 33.7 Å². The minimum atomic E-state index is -3.31. The summed E-state index contributed by atoms with van der Waals surface area (Å²) in [6, 6.07) is 9.35. The molecule has 0 aliphatic carbocycles. The molecule has 4 rings (SSSR count). The third-order valence-corrected chi connectivity index (χ3v) is 5.73. The van der Waals surface area contributed by atoms with Gasteiger partial charge in [-0.2, -0.15) is 0 Å². The van der Waals surface area contributed by atoms with Crippen molar-refractivity contribution in [3.05, 3.63) is 60.4 Å². The van der Waals surface area contributed by atoms with E-state index < -0.39 is 21.3 Å². The third-order valence-electron chi connectivity index (χ3n) is 4.60. The lowest BCUT2D eigenvalue weighted by Gasteiger charge is -2.18. The Morgan fingerprint density at radius 3 is 2.40 bits per heavy atom. The maximum absolute atomic E-state index is 15.1. The zero-order chi connectivity index (χ0) is 21.7. The van der Waals surface area contributed by atoms with Crippen LogP contribution in [0, 0.1) is 5.82 Å². The van der Waals surface area contributed by atoms with Crippen LogP contribution in [0.1, 0.15) is 19.5 Å². The summed E-state index contributed by atoms with van der Waals surface area (Å²) in [5.74, 6) is -0.260. The Bertz CT molecular complexity index is 1360. The molecule has 9 heteroatoms. The predicted octanol–water partition coefficient (Wildman–Crippen LogP) is 3.72. The van der Waals surface area contributed by atoms with Crippen molar-refractivity contribution >= 4 is 20.9 Å². The molecule has 0 spiro atoms. The van der Waals surface area contributed by atoms with Gasteiger partial charge in [0.15, 0.2) is 21.2 Å². The fraction of sp³-hybridized carbons (Fsp3) is 0.190. The van der Waals surface area contributed by atoms with Crippen molar-refractivity contribution in [3.63, 3.8) is 0 Å². The summed E-state index contributed by atoms with van der Waals surface area (Å²) in [4.78, 5) is 12.5. The maximum atomic E-state index is 15.1. The Balaban J connectivity index is 1.85. The van der Waals surface area contributed by atoms with Gasteiger partial charge in [0.05, 0.1) is 4.90 Å². The van der Waals surface area contributed by atoms with Crippen LogP contribution in [-0.4, -0.2) is 34.7 Å². The van der Waals surface area contributed by atoms with E-state index >= 15 is 4.39 Å². The van der Waals surface area contributed by atoms with E-state index in [2.05, 4.69) is 15.0 Å². The minimum Gasteiger partial charge on any atom is -0.452 e. The lowest BCUT2D eigenvalue weighted by molar-refractivity contribution is 0.0696. The molecular formula is C21H18FN3O4S. The first-order valence-corrected chi connectivity index (χ1v) is 10.9. The normalized spacial score (nSPS) is 12.4. The van der Waals surface area contributed by atoms with E-state index in [1.54, 1.807) is 18.2 Å². The summed E-state index contributed by atoms with van der Waals surface area (Å²) in [5, 5.41) is 10.2. The highest BCUT2D eigenvalue weighted by atomic mass is 32.2. The standard InChI is InChI=1S/C21H18FN3O4S/c1-21(2,26)20-17(22)14(8-9-23-20)18-19-15(24-11-25-18)10-16(29-19)12-4-6-13(7-5-12)30(3,27)28/h4-11,26H,1-3H3. The maximum Gasteiger partial charge on any atom is 0.179 e. The molecule has 154 valence electrons. The largest absolute Gasteiger partial charge is 0.452 e. The van der Waals surface area contributed by atoms with Gasteiger partial charge in [-0.25, -0.2) is 22.8 Å². The third kappa shape index (κ3) is 3.57. The number of hydrogen-bond donors (Lipinski definition) is 1.